The third-order valence-corrected chi connectivity index (χ3v) is 3.81. The fourth-order valence-electron chi connectivity index (χ4n) is 1.81. The average Bonchev–Trinajstić information content (AvgIpc) is 2.65. The molecule has 6 heteroatoms. The largest absolute Gasteiger partial charge is 0.478 e. The number of hydrogen-bond donors (Lipinski definition) is 1. The molecule has 0 amide bonds. The molecule has 0 aromatic carbocycles. The number of carboxylic acid groups (broad SMARTS) is 1. The van der Waals surface area contributed by atoms with Crippen molar-refractivity contribution in [2.24, 2.45) is 5.92 Å². The first kappa shape index (κ1) is 26.9. The number of allylic oxidation sites excluding steroid dienone is 1. The highest BCUT2D eigenvalue weighted by molar-refractivity contribution is 5.89. The van der Waals surface area contributed by atoms with E-state index in [1.807, 2.05) is 0 Å². The first-order valence-electron chi connectivity index (χ1n) is 9.09. The average molecular weight is 382 g/mol. The summed E-state index contributed by atoms with van der Waals surface area (Å²) >= 11 is 0. The van der Waals surface area contributed by atoms with E-state index in [0.29, 0.717) is 18.1 Å². The van der Waals surface area contributed by atoms with E-state index < -0.39 is 11.9 Å². The Bertz CT molecular complexity index is 545. The lowest BCUT2D eigenvalue weighted by molar-refractivity contribution is -0.140. The summed E-state index contributed by atoms with van der Waals surface area (Å²) in [5, 5.41) is 8.48. The number of ether oxygens (including phenoxy) is 2. The number of unbranched alkanes of at least 4 members (excludes halogenated alkanes) is 1. The smallest absolute Gasteiger partial charge is 0.333 e. The summed E-state index contributed by atoms with van der Waals surface area (Å²) in [7, 11) is 1.25. The second-order valence-corrected chi connectivity index (χ2v) is 6.29. The van der Waals surface area contributed by atoms with Crippen molar-refractivity contribution in [2.45, 2.75) is 59.8 Å². The Morgan fingerprint density at radius 2 is 1.70 bits per heavy atom. The molecule has 1 atom stereocenters. The molecule has 0 aliphatic heterocycles. The zero-order chi connectivity index (χ0) is 21.4. The van der Waals surface area contributed by atoms with Gasteiger partial charge in [-0.3, -0.25) is 0 Å². The fourth-order valence-corrected chi connectivity index (χ4v) is 1.81. The van der Waals surface area contributed by atoms with Crippen molar-refractivity contribution in [2.75, 3.05) is 13.7 Å². The Morgan fingerprint density at radius 3 is 2.11 bits per heavy atom. The molecule has 0 saturated carbocycles. The van der Waals surface area contributed by atoms with Crippen LogP contribution in [-0.4, -0.2) is 36.7 Å². The Hall–Kier alpha value is -2.37. The number of carbonyl (C=O) groups is 3. The lowest BCUT2D eigenvalue weighted by atomic mass is 10.0. The summed E-state index contributed by atoms with van der Waals surface area (Å²) in [6.07, 6.45) is 6.25. The fraction of sp³-hybridized carbons (Fsp3) is 0.571. The van der Waals surface area contributed by atoms with Crippen LogP contribution in [0.5, 0.6) is 0 Å². The number of aliphatic carboxylic acids is 1. The minimum absolute atomic E-state index is 0.185. The number of hydrogen-bond acceptors (Lipinski definition) is 5. The molecule has 0 radical (unpaired) electrons. The van der Waals surface area contributed by atoms with Gasteiger partial charge in [-0.15, -0.1) is 0 Å². The molecule has 0 aromatic heterocycles. The molecular formula is C21H34O6. The number of carboxylic acids is 1. The van der Waals surface area contributed by atoms with Crippen molar-refractivity contribution in [1.29, 1.82) is 0 Å². The number of esters is 2. The minimum atomic E-state index is -1.00. The van der Waals surface area contributed by atoms with Crippen molar-refractivity contribution in [3.63, 3.8) is 0 Å². The predicted molar refractivity (Wildman–Crippen MR) is 106 cm³/mol. The highest BCUT2D eigenvalue weighted by Crippen LogP contribution is 2.13. The lowest BCUT2D eigenvalue weighted by Crippen LogP contribution is -2.14. The lowest BCUT2D eigenvalue weighted by Gasteiger charge is -2.14. The van der Waals surface area contributed by atoms with E-state index in [2.05, 4.69) is 31.7 Å². The van der Waals surface area contributed by atoms with Gasteiger partial charge in [0.05, 0.1) is 13.7 Å². The number of carbonyl (C=O) groups excluding carboxylic acids is 2. The van der Waals surface area contributed by atoms with Crippen molar-refractivity contribution < 1.29 is 29.0 Å². The molecular weight excluding hydrogens is 348 g/mol. The predicted octanol–water partition coefficient (Wildman–Crippen LogP) is 4.46. The monoisotopic (exact) mass is 382 g/mol. The summed E-state index contributed by atoms with van der Waals surface area (Å²) in [4.78, 5) is 32.2. The maximum atomic E-state index is 11.1. The highest BCUT2D eigenvalue weighted by Gasteiger charge is 2.10. The molecule has 0 heterocycles. The number of rotatable bonds is 11. The van der Waals surface area contributed by atoms with Gasteiger partial charge >= 0.3 is 17.9 Å². The molecule has 6 nitrogen and oxygen atoms in total. The van der Waals surface area contributed by atoms with Gasteiger partial charge in [-0.25, -0.2) is 14.4 Å². The van der Waals surface area contributed by atoms with E-state index in [4.69, 9.17) is 9.84 Å². The van der Waals surface area contributed by atoms with E-state index in [-0.39, 0.29) is 23.5 Å². The van der Waals surface area contributed by atoms with E-state index in [0.717, 1.165) is 12.8 Å². The summed E-state index contributed by atoms with van der Waals surface area (Å²) in [6.45, 7) is 15.0. The van der Waals surface area contributed by atoms with Gasteiger partial charge in [0.2, 0.25) is 0 Å². The Kier molecular flexibility index (Phi) is 15.8. The van der Waals surface area contributed by atoms with E-state index >= 15 is 0 Å². The number of methoxy groups -OCH3 is 1. The molecule has 0 aromatic rings. The van der Waals surface area contributed by atoms with Crippen LogP contribution in [0.25, 0.3) is 0 Å². The molecule has 154 valence electrons. The zero-order valence-corrected chi connectivity index (χ0v) is 17.3. The standard InChI is InChI=1S/C12H22O2.C9H12O4/c1-5-7-8-11(6-2)9-14-12(13)10(3)4;1-6(8(10)11)4-5-7(2)9(12)13-3/h11H,3,5-9H2,1-2,4H3;4H,2,5H2,1,3H3,(H,10,11). The van der Waals surface area contributed by atoms with Crippen LogP contribution in [0.4, 0.5) is 0 Å². The summed E-state index contributed by atoms with van der Waals surface area (Å²) in [6, 6.07) is 0. The van der Waals surface area contributed by atoms with Gasteiger partial charge in [0.15, 0.2) is 0 Å². The van der Waals surface area contributed by atoms with Gasteiger partial charge in [0, 0.05) is 16.7 Å². The van der Waals surface area contributed by atoms with Crippen LogP contribution < -0.4 is 0 Å². The quantitative estimate of drug-likeness (QED) is 0.419. The highest BCUT2D eigenvalue weighted by atomic mass is 16.5. The van der Waals surface area contributed by atoms with Crippen LogP contribution in [-0.2, 0) is 23.9 Å². The third kappa shape index (κ3) is 14.5. The molecule has 0 rings (SSSR count). The summed E-state index contributed by atoms with van der Waals surface area (Å²) < 4.78 is 9.50. The molecule has 0 saturated heterocycles. The molecule has 1 unspecified atom stereocenters. The molecule has 0 fully saturated rings. The Morgan fingerprint density at radius 1 is 1.11 bits per heavy atom. The van der Waals surface area contributed by atoms with Gasteiger partial charge in [-0.2, -0.15) is 0 Å². The maximum Gasteiger partial charge on any atom is 0.333 e. The zero-order valence-electron chi connectivity index (χ0n) is 17.3. The molecule has 0 aliphatic carbocycles. The van der Waals surface area contributed by atoms with Crippen LogP contribution in [0, 0.1) is 5.92 Å². The van der Waals surface area contributed by atoms with Crippen LogP contribution in [0.15, 0.2) is 36.0 Å². The van der Waals surface area contributed by atoms with E-state index in [1.165, 1.54) is 33.0 Å². The normalized spacial score (nSPS) is 11.5. The summed E-state index contributed by atoms with van der Waals surface area (Å²) in [5.74, 6) is -1.27. The van der Waals surface area contributed by atoms with Gasteiger partial charge < -0.3 is 14.6 Å². The van der Waals surface area contributed by atoms with Crippen LogP contribution in [0.1, 0.15) is 59.8 Å². The minimum Gasteiger partial charge on any atom is -0.478 e. The van der Waals surface area contributed by atoms with E-state index in [9.17, 15) is 14.4 Å². The molecule has 0 spiro atoms. The van der Waals surface area contributed by atoms with Crippen LogP contribution in [0.3, 0.4) is 0 Å². The first-order chi connectivity index (χ1) is 12.6. The van der Waals surface area contributed by atoms with Gasteiger partial charge in [-0.05, 0) is 32.6 Å². The Balaban J connectivity index is 0. The van der Waals surface area contributed by atoms with Gasteiger partial charge in [-0.1, -0.05) is 52.3 Å². The maximum absolute atomic E-state index is 11.1. The third-order valence-electron chi connectivity index (χ3n) is 3.81. The Labute approximate surface area is 162 Å². The van der Waals surface area contributed by atoms with Crippen molar-refractivity contribution in [3.8, 4) is 0 Å². The molecule has 27 heavy (non-hydrogen) atoms. The van der Waals surface area contributed by atoms with Gasteiger partial charge in [0.1, 0.15) is 0 Å². The summed E-state index contributed by atoms with van der Waals surface area (Å²) in [5.41, 5.74) is 0.906. The van der Waals surface area contributed by atoms with Crippen molar-refractivity contribution in [3.05, 3.63) is 36.0 Å². The molecule has 0 aliphatic rings. The van der Waals surface area contributed by atoms with Crippen molar-refractivity contribution >= 4 is 17.9 Å². The molecule has 0 bridgehead atoms. The topological polar surface area (TPSA) is 89.9 Å². The van der Waals surface area contributed by atoms with Gasteiger partial charge in [0.25, 0.3) is 0 Å². The first-order valence-corrected chi connectivity index (χ1v) is 9.09. The SMILES string of the molecule is C=C(C)C(=O)OCC(CC)CCCC.C=C(CC=C(C)C(=O)O)C(=O)OC. The van der Waals surface area contributed by atoms with Crippen LogP contribution >= 0.6 is 0 Å². The molecule has 1 N–H and O–H groups in total. The van der Waals surface area contributed by atoms with E-state index in [1.54, 1.807) is 6.92 Å². The second kappa shape index (κ2) is 15.9. The second-order valence-electron chi connectivity index (χ2n) is 6.29. The van der Waals surface area contributed by atoms with Crippen LogP contribution in [0.2, 0.25) is 0 Å². The van der Waals surface area contributed by atoms with Crippen molar-refractivity contribution in [1.82, 2.24) is 0 Å².